The number of nitrogens with two attached hydrogens (primary N) is 1. The fourth-order valence-electron chi connectivity index (χ4n) is 2.16. The molecule has 0 saturated carbocycles. The van der Waals surface area contributed by atoms with Crippen LogP contribution in [0.25, 0.3) is 0 Å². The molecule has 0 bridgehead atoms. The fraction of sp³-hybridized carbons (Fsp3) is 0.312. The van der Waals surface area contributed by atoms with Crippen LogP contribution in [0.4, 0.5) is 17.1 Å². The first-order valence-electron chi connectivity index (χ1n) is 6.85. The molecule has 1 heterocycles. The molecule has 0 aliphatic heterocycles. The van der Waals surface area contributed by atoms with E-state index in [2.05, 4.69) is 41.0 Å². The lowest BCUT2D eigenvalue weighted by molar-refractivity contribution is 0.402. The van der Waals surface area contributed by atoms with E-state index in [0.717, 1.165) is 36.6 Å². The first-order chi connectivity index (χ1) is 9.68. The number of aromatic nitrogens is 1. The Balaban J connectivity index is 2.23. The Kier molecular flexibility index (Phi) is 4.96. The monoisotopic (exact) mass is 270 g/mol. The smallest absolute Gasteiger partial charge is 0.0830 e. The van der Waals surface area contributed by atoms with Crippen LogP contribution in [0.1, 0.15) is 6.42 Å². The van der Waals surface area contributed by atoms with Crippen LogP contribution in [-0.4, -0.2) is 37.1 Å². The largest absolute Gasteiger partial charge is 0.397 e. The van der Waals surface area contributed by atoms with Gasteiger partial charge in [0, 0.05) is 18.4 Å². The third kappa shape index (κ3) is 3.71. The molecule has 2 rings (SSSR count). The summed E-state index contributed by atoms with van der Waals surface area (Å²) < 4.78 is 0. The maximum Gasteiger partial charge on any atom is 0.0830 e. The molecular weight excluding hydrogens is 248 g/mol. The van der Waals surface area contributed by atoms with Gasteiger partial charge in [0.15, 0.2) is 0 Å². The minimum atomic E-state index is 0.758. The van der Waals surface area contributed by atoms with E-state index in [1.807, 2.05) is 30.5 Å². The number of hydrogen-bond donors (Lipinski definition) is 1. The van der Waals surface area contributed by atoms with Crippen LogP contribution in [0.2, 0.25) is 0 Å². The van der Waals surface area contributed by atoms with Gasteiger partial charge in [0.05, 0.1) is 17.6 Å². The maximum absolute atomic E-state index is 6.10. The van der Waals surface area contributed by atoms with E-state index in [-0.39, 0.29) is 0 Å². The van der Waals surface area contributed by atoms with Gasteiger partial charge in [-0.2, -0.15) is 0 Å². The lowest BCUT2D eigenvalue weighted by Gasteiger charge is -2.26. The van der Waals surface area contributed by atoms with E-state index in [9.17, 15) is 0 Å². The van der Waals surface area contributed by atoms with Crippen molar-refractivity contribution in [3.63, 3.8) is 0 Å². The topological polar surface area (TPSA) is 45.4 Å². The zero-order valence-electron chi connectivity index (χ0n) is 12.2. The quantitative estimate of drug-likeness (QED) is 0.876. The predicted molar refractivity (Wildman–Crippen MR) is 85.3 cm³/mol. The molecular formula is C16H22N4. The number of pyridine rings is 1. The second kappa shape index (κ2) is 6.91. The van der Waals surface area contributed by atoms with Crippen LogP contribution in [0, 0.1) is 0 Å². The van der Waals surface area contributed by atoms with Crippen molar-refractivity contribution >= 4 is 17.1 Å². The van der Waals surface area contributed by atoms with Crippen molar-refractivity contribution in [3.05, 3.63) is 48.8 Å². The van der Waals surface area contributed by atoms with Crippen LogP contribution in [0.5, 0.6) is 0 Å². The Morgan fingerprint density at radius 1 is 1.05 bits per heavy atom. The van der Waals surface area contributed by atoms with Crippen molar-refractivity contribution in [2.75, 3.05) is 37.8 Å². The Bertz CT molecular complexity index is 525. The minimum absolute atomic E-state index is 0.758. The van der Waals surface area contributed by atoms with E-state index in [1.54, 1.807) is 6.20 Å². The van der Waals surface area contributed by atoms with Crippen molar-refractivity contribution in [3.8, 4) is 0 Å². The Morgan fingerprint density at radius 2 is 1.80 bits per heavy atom. The van der Waals surface area contributed by atoms with Crippen LogP contribution >= 0.6 is 0 Å². The second-order valence-corrected chi connectivity index (χ2v) is 5.08. The predicted octanol–water partition coefficient (Wildman–Crippen LogP) is 2.75. The molecule has 0 radical (unpaired) electrons. The molecule has 0 amide bonds. The molecule has 2 aromatic rings. The number of hydrogen-bond acceptors (Lipinski definition) is 4. The fourth-order valence-corrected chi connectivity index (χ4v) is 2.16. The van der Waals surface area contributed by atoms with Gasteiger partial charge in [-0.05, 0) is 45.3 Å². The van der Waals surface area contributed by atoms with Gasteiger partial charge in [0.25, 0.3) is 0 Å². The molecule has 0 spiro atoms. The van der Waals surface area contributed by atoms with Crippen LogP contribution in [-0.2, 0) is 0 Å². The summed E-state index contributed by atoms with van der Waals surface area (Å²) in [7, 11) is 4.18. The second-order valence-electron chi connectivity index (χ2n) is 5.08. The molecule has 1 aromatic carbocycles. The summed E-state index contributed by atoms with van der Waals surface area (Å²) in [5.41, 5.74) is 8.97. The summed E-state index contributed by atoms with van der Waals surface area (Å²) in [5, 5.41) is 0. The normalized spacial score (nSPS) is 10.8. The average molecular weight is 270 g/mol. The Labute approximate surface area is 120 Å². The van der Waals surface area contributed by atoms with E-state index < -0.39 is 0 Å². The zero-order chi connectivity index (χ0) is 14.4. The van der Waals surface area contributed by atoms with Crippen molar-refractivity contribution in [2.45, 2.75) is 6.42 Å². The molecule has 106 valence electrons. The lowest BCUT2D eigenvalue weighted by atomic mass is 10.2. The lowest BCUT2D eigenvalue weighted by Crippen LogP contribution is -2.24. The molecule has 0 aliphatic rings. The number of para-hydroxylation sites is 1. The van der Waals surface area contributed by atoms with E-state index in [0.29, 0.717) is 0 Å². The highest BCUT2D eigenvalue weighted by molar-refractivity contribution is 5.73. The maximum atomic E-state index is 6.10. The third-order valence-electron chi connectivity index (χ3n) is 3.18. The van der Waals surface area contributed by atoms with Gasteiger partial charge in [-0.1, -0.05) is 18.2 Å². The van der Waals surface area contributed by atoms with Crippen molar-refractivity contribution in [2.24, 2.45) is 0 Å². The minimum Gasteiger partial charge on any atom is -0.397 e. The molecule has 4 nitrogen and oxygen atoms in total. The summed E-state index contributed by atoms with van der Waals surface area (Å²) in [6.45, 7) is 1.96. The Hall–Kier alpha value is -2.07. The molecule has 1 aromatic heterocycles. The molecule has 0 unspecified atom stereocenters. The summed E-state index contributed by atoms with van der Waals surface area (Å²) in [6.07, 6.45) is 4.62. The van der Waals surface area contributed by atoms with Gasteiger partial charge in [-0.3, -0.25) is 4.98 Å². The molecule has 20 heavy (non-hydrogen) atoms. The highest BCUT2D eigenvalue weighted by Gasteiger charge is 2.11. The summed E-state index contributed by atoms with van der Waals surface area (Å²) in [6, 6.07) is 12.1. The van der Waals surface area contributed by atoms with Crippen LogP contribution in [0.15, 0.2) is 48.8 Å². The molecule has 0 saturated heterocycles. The van der Waals surface area contributed by atoms with E-state index in [1.165, 1.54) is 0 Å². The highest BCUT2D eigenvalue weighted by Crippen LogP contribution is 2.29. The molecule has 0 atom stereocenters. The van der Waals surface area contributed by atoms with Crippen molar-refractivity contribution in [1.29, 1.82) is 0 Å². The Morgan fingerprint density at radius 3 is 2.45 bits per heavy atom. The highest BCUT2D eigenvalue weighted by atomic mass is 15.2. The van der Waals surface area contributed by atoms with E-state index >= 15 is 0 Å². The molecule has 0 fully saturated rings. The van der Waals surface area contributed by atoms with Gasteiger partial charge < -0.3 is 15.5 Å². The number of nitrogen functional groups attached to an aromatic ring is 1. The third-order valence-corrected chi connectivity index (χ3v) is 3.18. The number of anilines is 3. The van der Waals surface area contributed by atoms with Crippen molar-refractivity contribution < 1.29 is 0 Å². The summed E-state index contributed by atoms with van der Waals surface area (Å²) in [5.74, 6) is 0. The van der Waals surface area contributed by atoms with Gasteiger partial charge in [-0.25, -0.2) is 0 Å². The molecule has 2 N–H and O–H groups in total. The average Bonchev–Trinajstić information content (AvgIpc) is 2.45. The number of nitrogens with zero attached hydrogens (tertiary/aromatic N) is 3. The van der Waals surface area contributed by atoms with E-state index in [4.69, 9.17) is 5.73 Å². The summed E-state index contributed by atoms with van der Waals surface area (Å²) >= 11 is 0. The van der Waals surface area contributed by atoms with Crippen LogP contribution in [0.3, 0.4) is 0 Å². The SMILES string of the molecule is CN(C)CCCN(c1ccccc1)c1cnccc1N. The first-order valence-corrected chi connectivity index (χ1v) is 6.85. The molecule has 4 heteroatoms. The number of rotatable bonds is 6. The van der Waals surface area contributed by atoms with Gasteiger partial charge >= 0.3 is 0 Å². The van der Waals surface area contributed by atoms with Crippen LogP contribution < -0.4 is 10.6 Å². The van der Waals surface area contributed by atoms with Crippen molar-refractivity contribution in [1.82, 2.24) is 9.88 Å². The van der Waals surface area contributed by atoms with Gasteiger partial charge in [-0.15, -0.1) is 0 Å². The zero-order valence-corrected chi connectivity index (χ0v) is 12.2. The molecule has 0 aliphatic carbocycles. The first kappa shape index (κ1) is 14.3. The van der Waals surface area contributed by atoms with Gasteiger partial charge in [0.2, 0.25) is 0 Å². The summed E-state index contributed by atoms with van der Waals surface area (Å²) in [4.78, 5) is 8.62. The number of benzene rings is 1. The standard InChI is InChI=1S/C16H22N4/c1-19(2)11-6-12-20(14-7-4-3-5-8-14)16-13-18-10-9-15(16)17/h3-5,7-10,13H,6,11-12H2,1-2H3,(H2,17,18). The van der Waals surface area contributed by atoms with Gasteiger partial charge in [0.1, 0.15) is 0 Å².